The Kier molecular flexibility index (Phi) is 1.51. The molecule has 0 spiro atoms. The molecule has 0 fully saturated rings. The summed E-state index contributed by atoms with van der Waals surface area (Å²) in [6.07, 6.45) is -3.17. The van der Waals surface area contributed by atoms with E-state index < -0.39 is 86.9 Å². The molecule has 0 saturated carbocycles. The summed E-state index contributed by atoms with van der Waals surface area (Å²) >= 11 is 0. The Morgan fingerprint density at radius 1 is 1.30 bits per heavy atom. The fraction of sp³-hybridized carbons (Fsp3) is 0.333. The molecule has 0 aliphatic carbocycles. The molecule has 20 heavy (non-hydrogen) atoms. The molecule has 0 aliphatic heterocycles. The molecule has 0 bridgehead atoms. The van der Waals surface area contributed by atoms with E-state index in [0.717, 1.165) is 12.1 Å². The van der Waals surface area contributed by atoms with Crippen LogP contribution in [0.2, 0.25) is 0 Å². The summed E-state index contributed by atoms with van der Waals surface area (Å²) in [5.41, 5.74) is -2.14. The van der Waals surface area contributed by atoms with Crippen LogP contribution >= 0.6 is 0 Å². The zero-order chi connectivity index (χ0) is 28.9. The number of likely N-dealkylation sites (N-methyl/N-ethyl adjacent to an activating group) is 1. The third-order valence-corrected chi connectivity index (χ3v) is 2.30. The Balaban J connectivity index is 2.91. The van der Waals surface area contributed by atoms with Gasteiger partial charge in [0.25, 0.3) is 0 Å². The second kappa shape index (κ2) is 7.22. The van der Waals surface area contributed by atoms with E-state index in [2.05, 4.69) is 0 Å². The first-order valence-electron chi connectivity index (χ1n) is 14.1. The third-order valence-electron chi connectivity index (χ3n) is 2.30. The van der Waals surface area contributed by atoms with Gasteiger partial charge in [-0.05, 0) is 37.5 Å². The van der Waals surface area contributed by atoms with E-state index in [9.17, 15) is 0 Å². The molecular weight excluding hydrogens is 246 g/mol. The minimum atomic E-state index is -3.35. The fourth-order valence-electron chi connectivity index (χ4n) is 1.45. The lowest BCUT2D eigenvalue weighted by Crippen LogP contribution is -2.20. The van der Waals surface area contributed by atoms with Crippen molar-refractivity contribution in [2.45, 2.75) is 12.9 Å². The maximum atomic E-state index is 9.10. The van der Waals surface area contributed by atoms with Crippen LogP contribution in [0.4, 0.5) is 0 Å². The van der Waals surface area contributed by atoms with Crippen molar-refractivity contribution in [2.75, 3.05) is 27.1 Å². The largest absolute Gasteiger partial charge is 0.367 e. The summed E-state index contributed by atoms with van der Waals surface area (Å²) < 4.78 is 140. The minimum Gasteiger partial charge on any atom is -0.367 e. The molecular formula is C18H23NO. The average molecular weight is 286 g/mol. The fourth-order valence-corrected chi connectivity index (χ4v) is 1.45. The van der Waals surface area contributed by atoms with Gasteiger partial charge in [0.15, 0.2) is 0 Å². The van der Waals surface area contributed by atoms with Crippen molar-refractivity contribution in [3.05, 3.63) is 71.2 Å². The van der Waals surface area contributed by atoms with Crippen LogP contribution in [-0.4, -0.2) is 32.0 Å². The average Bonchev–Trinajstić information content (AvgIpc) is 2.72. The van der Waals surface area contributed by atoms with Crippen molar-refractivity contribution in [3.8, 4) is 0 Å². The van der Waals surface area contributed by atoms with Crippen molar-refractivity contribution in [1.29, 1.82) is 0 Å². The topological polar surface area (TPSA) is 12.5 Å². The monoisotopic (exact) mass is 286 g/mol. The van der Waals surface area contributed by atoms with Crippen molar-refractivity contribution < 1.29 is 28.0 Å². The Bertz CT molecular complexity index is 1110. The van der Waals surface area contributed by atoms with Gasteiger partial charge in [0.05, 0.1) is 17.5 Å². The number of ether oxygens (including phenoxy) is 1. The van der Waals surface area contributed by atoms with Crippen LogP contribution in [0.1, 0.15) is 46.1 Å². The maximum absolute atomic E-state index is 9.10. The van der Waals surface area contributed by atoms with Gasteiger partial charge in [0.2, 0.25) is 0 Å². The molecule has 2 heteroatoms. The van der Waals surface area contributed by atoms with E-state index in [1.807, 2.05) is 0 Å². The number of nitrogens with zero attached hydrogens (tertiary/aromatic N) is 1. The van der Waals surface area contributed by atoms with Crippen LogP contribution in [0.15, 0.2) is 54.5 Å². The molecule has 2 aromatic rings. The van der Waals surface area contributed by atoms with Crippen LogP contribution in [0.25, 0.3) is 0 Å². The van der Waals surface area contributed by atoms with Gasteiger partial charge in [-0.1, -0.05) is 54.5 Å². The van der Waals surface area contributed by atoms with Crippen molar-refractivity contribution in [3.63, 3.8) is 0 Å². The van der Waals surface area contributed by atoms with E-state index >= 15 is 0 Å². The molecule has 0 saturated heterocycles. The molecule has 1 unspecified atom stereocenters. The Hall–Kier alpha value is -1.64. The summed E-state index contributed by atoms with van der Waals surface area (Å²) in [5.74, 6) is 0. The number of benzene rings is 2. The molecule has 106 valence electrons. The van der Waals surface area contributed by atoms with E-state index in [1.54, 1.807) is 0 Å². The molecule has 0 aromatic heterocycles. The SMILES string of the molecule is [2H]c1c([2H])c([2H])c(C([2H])(OC([2H])([2H])CN(C([2H])([2H])[2H])C([2H])([2H])[2H])c2ccccc2C([2H])([2H])[2H])c([2H])c1[2H]. The quantitative estimate of drug-likeness (QED) is 0.803. The zero-order valence-corrected chi connectivity index (χ0v) is 10.4. The van der Waals surface area contributed by atoms with Gasteiger partial charge in [-0.25, -0.2) is 0 Å². The van der Waals surface area contributed by atoms with E-state index in [1.165, 1.54) is 12.1 Å². The lowest BCUT2D eigenvalue weighted by molar-refractivity contribution is 0.0683. The predicted octanol–water partition coefficient (Wildman–Crippen LogP) is 3.66. The van der Waals surface area contributed by atoms with E-state index in [0.29, 0.717) is 0 Å². The van der Waals surface area contributed by atoms with Crippen molar-refractivity contribution in [1.82, 2.24) is 4.90 Å². The number of rotatable bonds is 6. The lowest BCUT2D eigenvalue weighted by atomic mass is 9.97. The van der Waals surface area contributed by atoms with Crippen LogP contribution in [0.3, 0.4) is 0 Å². The standard InChI is InChI=1S/C18H23NO/c1-15-9-7-8-12-17(15)18(20-14-13-19(2)3)16-10-5-4-6-11-16/h4-12,18H,13-14H2,1-3H3/i1D3,2D3,3D3,4D,5D,6D,10D,11D,14D2,18D. The molecule has 0 N–H and O–H groups in total. The molecule has 1 atom stereocenters. The molecule has 2 nitrogen and oxygen atoms in total. The normalized spacial score (nSPS) is 29.1. The lowest BCUT2D eigenvalue weighted by Gasteiger charge is -2.22. The Labute approximate surface area is 145 Å². The molecule has 0 amide bonds. The number of hydrogen-bond donors (Lipinski definition) is 0. The highest BCUT2D eigenvalue weighted by Gasteiger charge is 2.16. The third kappa shape index (κ3) is 3.92. The van der Waals surface area contributed by atoms with Gasteiger partial charge < -0.3 is 9.64 Å². The first-order valence-corrected chi connectivity index (χ1v) is 5.60. The summed E-state index contributed by atoms with van der Waals surface area (Å²) in [5, 5.41) is 0. The highest BCUT2D eigenvalue weighted by molar-refractivity contribution is 5.35. The summed E-state index contributed by atoms with van der Waals surface area (Å²) in [6, 6.07) is -0.0738. The predicted molar refractivity (Wildman–Crippen MR) is 84.0 cm³/mol. The second-order valence-electron chi connectivity index (χ2n) is 3.71. The van der Waals surface area contributed by atoms with Crippen LogP contribution in [-0.2, 0) is 4.74 Å². The molecule has 0 heterocycles. The zero-order valence-electron chi connectivity index (χ0n) is 27.4. The molecule has 2 rings (SSSR count). The molecule has 0 radical (unpaired) electrons. The smallest absolute Gasteiger partial charge is 0.108 e. The van der Waals surface area contributed by atoms with Crippen molar-refractivity contribution >= 4 is 0 Å². The van der Waals surface area contributed by atoms with Gasteiger partial charge in [-0.15, -0.1) is 0 Å². The van der Waals surface area contributed by atoms with Crippen LogP contribution < -0.4 is 0 Å². The van der Waals surface area contributed by atoms with Crippen molar-refractivity contribution in [2.24, 2.45) is 0 Å². The maximum Gasteiger partial charge on any atom is 0.108 e. The Morgan fingerprint density at radius 2 is 2.10 bits per heavy atom. The highest BCUT2D eigenvalue weighted by atomic mass is 16.5. The minimum absolute atomic E-state index is 0.183. The van der Waals surface area contributed by atoms with Gasteiger partial charge in [-0.3, -0.25) is 0 Å². The van der Waals surface area contributed by atoms with E-state index in [4.69, 9.17) is 28.0 Å². The number of aryl methyl sites for hydroxylation is 1. The first kappa shape index (κ1) is 4.19. The van der Waals surface area contributed by atoms with Gasteiger partial charge in [0, 0.05) is 18.9 Å². The summed E-state index contributed by atoms with van der Waals surface area (Å²) in [7, 11) is 0. The Morgan fingerprint density at radius 3 is 2.85 bits per heavy atom. The molecule has 0 aliphatic rings. The number of hydrogen-bond acceptors (Lipinski definition) is 2. The van der Waals surface area contributed by atoms with Gasteiger partial charge in [0.1, 0.15) is 6.08 Å². The van der Waals surface area contributed by atoms with Gasteiger partial charge in [-0.2, -0.15) is 0 Å². The second-order valence-corrected chi connectivity index (χ2v) is 3.71. The summed E-state index contributed by atoms with van der Waals surface area (Å²) in [6.45, 7) is -14.4. The van der Waals surface area contributed by atoms with E-state index in [-0.39, 0.29) is 4.90 Å². The van der Waals surface area contributed by atoms with Gasteiger partial charge >= 0.3 is 0 Å². The first-order chi connectivity index (χ1) is 16.4. The highest BCUT2D eigenvalue weighted by Crippen LogP contribution is 2.28. The van der Waals surface area contributed by atoms with Crippen LogP contribution in [0, 0.1) is 6.85 Å². The summed E-state index contributed by atoms with van der Waals surface area (Å²) in [4.78, 5) is -0.183. The molecule has 2 aromatic carbocycles. The van der Waals surface area contributed by atoms with Crippen LogP contribution in [0.5, 0.6) is 0 Å².